The molecule has 0 bridgehead atoms. The summed E-state index contributed by atoms with van der Waals surface area (Å²) in [5, 5.41) is 3.59. The molecule has 3 rings (SSSR count). The van der Waals surface area contributed by atoms with Gasteiger partial charge in [-0.05, 0) is 62.1 Å². The van der Waals surface area contributed by atoms with Gasteiger partial charge in [0.05, 0.1) is 6.10 Å². The monoisotopic (exact) mass is 277 g/mol. The van der Waals surface area contributed by atoms with Crippen LogP contribution in [0.15, 0.2) is 24.3 Å². The van der Waals surface area contributed by atoms with Crippen LogP contribution in [0.1, 0.15) is 50.0 Å². The topological polar surface area (TPSA) is 21.3 Å². The summed E-state index contributed by atoms with van der Waals surface area (Å²) in [6.45, 7) is 1.87. The fourth-order valence-corrected chi connectivity index (χ4v) is 3.00. The lowest BCUT2D eigenvalue weighted by Gasteiger charge is -2.20. The molecule has 0 aromatic heterocycles. The molecule has 1 aromatic rings. The first-order chi connectivity index (χ1) is 9.81. The number of rotatable bonds is 7. The van der Waals surface area contributed by atoms with Crippen LogP contribution in [0.3, 0.4) is 0 Å². The van der Waals surface area contributed by atoms with Crippen LogP contribution >= 0.6 is 0 Å². The van der Waals surface area contributed by atoms with Gasteiger partial charge in [0.2, 0.25) is 0 Å². The van der Waals surface area contributed by atoms with Crippen molar-refractivity contribution >= 4 is 0 Å². The van der Waals surface area contributed by atoms with Gasteiger partial charge >= 0.3 is 0 Å². The Bertz CT molecular complexity index is 427. The van der Waals surface area contributed by atoms with E-state index in [1.807, 2.05) is 6.07 Å². The number of ether oxygens (including phenoxy) is 1. The first-order valence-corrected chi connectivity index (χ1v) is 7.92. The lowest BCUT2D eigenvalue weighted by atomic mass is 9.92. The van der Waals surface area contributed by atoms with E-state index in [-0.39, 0.29) is 5.82 Å². The number of benzene rings is 1. The van der Waals surface area contributed by atoms with Crippen LogP contribution in [0.4, 0.5) is 4.39 Å². The molecule has 2 nitrogen and oxygen atoms in total. The van der Waals surface area contributed by atoms with Crippen molar-refractivity contribution in [1.82, 2.24) is 5.32 Å². The zero-order chi connectivity index (χ0) is 13.8. The van der Waals surface area contributed by atoms with Gasteiger partial charge in [0.1, 0.15) is 5.82 Å². The number of hydrogen-bond acceptors (Lipinski definition) is 2. The Labute approximate surface area is 120 Å². The third kappa shape index (κ3) is 4.03. The Hall–Kier alpha value is -0.930. The SMILES string of the molecule is Fc1cccc(C(CCC2CCCO2)CNC2CC2)c1. The van der Waals surface area contributed by atoms with Gasteiger partial charge in [-0.1, -0.05) is 12.1 Å². The average molecular weight is 277 g/mol. The third-order valence-electron chi connectivity index (χ3n) is 4.41. The van der Waals surface area contributed by atoms with E-state index in [0.717, 1.165) is 31.6 Å². The molecular formula is C17H24FNO. The summed E-state index contributed by atoms with van der Waals surface area (Å²) in [5.74, 6) is 0.270. The fraction of sp³-hybridized carbons (Fsp3) is 0.647. The molecule has 1 N–H and O–H groups in total. The summed E-state index contributed by atoms with van der Waals surface area (Å²) in [4.78, 5) is 0. The van der Waals surface area contributed by atoms with Gasteiger partial charge in [-0.3, -0.25) is 0 Å². The molecule has 1 saturated heterocycles. The van der Waals surface area contributed by atoms with Crippen molar-refractivity contribution in [3.05, 3.63) is 35.6 Å². The molecule has 2 atom stereocenters. The first-order valence-electron chi connectivity index (χ1n) is 7.92. The second-order valence-electron chi connectivity index (χ2n) is 6.15. The van der Waals surface area contributed by atoms with E-state index < -0.39 is 0 Å². The summed E-state index contributed by atoms with van der Waals surface area (Å²) in [7, 11) is 0. The Morgan fingerprint density at radius 2 is 2.20 bits per heavy atom. The molecule has 2 aliphatic rings. The van der Waals surface area contributed by atoms with Gasteiger partial charge in [0.25, 0.3) is 0 Å². The van der Waals surface area contributed by atoms with Crippen LogP contribution in [0.25, 0.3) is 0 Å². The highest BCUT2D eigenvalue weighted by Gasteiger charge is 2.24. The van der Waals surface area contributed by atoms with Gasteiger partial charge in [0.15, 0.2) is 0 Å². The Morgan fingerprint density at radius 1 is 1.30 bits per heavy atom. The Morgan fingerprint density at radius 3 is 2.90 bits per heavy atom. The lowest BCUT2D eigenvalue weighted by molar-refractivity contribution is 0.101. The van der Waals surface area contributed by atoms with E-state index in [2.05, 4.69) is 11.4 Å². The van der Waals surface area contributed by atoms with Gasteiger partial charge in [-0.25, -0.2) is 4.39 Å². The van der Waals surface area contributed by atoms with Gasteiger partial charge in [-0.2, -0.15) is 0 Å². The minimum absolute atomic E-state index is 0.129. The molecule has 0 radical (unpaired) electrons. The van der Waals surface area contributed by atoms with Crippen LogP contribution in [0.2, 0.25) is 0 Å². The van der Waals surface area contributed by atoms with Crippen molar-refractivity contribution in [3.8, 4) is 0 Å². The van der Waals surface area contributed by atoms with E-state index in [1.54, 1.807) is 6.07 Å². The maximum absolute atomic E-state index is 13.4. The van der Waals surface area contributed by atoms with Crippen LogP contribution < -0.4 is 5.32 Å². The number of halogens is 1. The van der Waals surface area contributed by atoms with E-state index in [0.29, 0.717) is 18.1 Å². The molecule has 3 heteroatoms. The fourth-order valence-electron chi connectivity index (χ4n) is 3.00. The molecule has 2 unspecified atom stereocenters. The highest BCUT2D eigenvalue weighted by atomic mass is 19.1. The molecule has 1 saturated carbocycles. The zero-order valence-corrected chi connectivity index (χ0v) is 12.0. The number of nitrogens with one attached hydrogen (secondary N) is 1. The largest absolute Gasteiger partial charge is 0.378 e. The summed E-state index contributed by atoms with van der Waals surface area (Å²) in [5.41, 5.74) is 1.12. The smallest absolute Gasteiger partial charge is 0.123 e. The molecular weight excluding hydrogens is 253 g/mol. The lowest BCUT2D eigenvalue weighted by Crippen LogP contribution is -2.24. The number of hydrogen-bond donors (Lipinski definition) is 1. The van der Waals surface area contributed by atoms with E-state index in [9.17, 15) is 4.39 Å². The van der Waals surface area contributed by atoms with E-state index in [1.165, 1.54) is 31.7 Å². The molecule has 1 aliphatic carbocycles. The van der Waals surface area contributed by atoms with Crippen molar-refractivity contribution in [2.75, 3.05) is 13.2 Å². The first kappa shape index (κ1) is 14.0. The second kappa shape index (κ2) is 6.68. The highest BCUT2D eigenvalue weighted by molar-refractivity contribution is 5.21. The molecule has 0 spiro atoms. The Balaban J connectivity index is 1.59. The van der Waals surface area contributed by atoms with Crippen LogP contribution in [-0.4, -0.2) is 25.3 Å². The highest BCUT2D eigenvalue weighted by Crippen LogP contribution is 2.27. The van der Waals surface area contributed by atoms with Gasteiger partial charge in [-0.15, -0.1) is 0 Å². The molecule has 1 heterocycles. The Kier molecular flexibility index (Phi) is 4.69. The summed E-state index contributed by atoms with van der Waals surface area (Å²) >= 11 is 0. The quantitative estimate of drug-likeness (QED) is 0.822. The predicted molar refractivity (Wildman–Crippen MR) is 78.4 cm³/mol. The standard InChI is InChI=1S/C17H24FNO/c18-15-4-1-3-13(11-15)14(12-19-16-7-8-16)6-9-17-5-2-10-20-17/h1,3-4,11,14,16-17,19H,2,5-10,12H2. The minimum atomic E-state index is -0.129. The molecule has 1 aliphatic heterocycles. The normalized spacial score (nSPS) is 23.9. The molecule has 1 aromatic carbocycles. The van der Waals surface area contributed by atoms with Crippen LogP contribution in [0.5, 0.6) is 0 Å². The van der Waals surface area contributed by atoms with Crippen molar-refractivity contribution in [2.45, 2.75) is 56.6 Å². The van der Waals surface area contributed by atoms with Crippen molar-refractivity contribution in [2.24, 2.45) is 0 Å². The van der Waals surface area contributed by atoms with E-state index >= 15 is 0 Å². The van der Waals surface area contributed by atoms with Gasteiger partial charge < -0.3 is 10.1 Å². The maximum Gasteiger partial charge on any atom is 0.123 e. The van der Waals surface area contributed by atoms with E-state index in [4.69, 9.17) is 4.74 Å². The summed E-state index contributed by atoms with van der Waals surface area (Å²) < 4.78 is 19.1. The van der Waals surface area contributed by atoms with Crippen LogP contribution in [-0.2, 0) is 4.74 Å². The molecule has 110 valence electrons. The maximum atomic E-state index is 13.4. The van der Waals surface area contributed by atoms with Crippen molar-refractivity contribution in [3.63, 3.8) is 0 Å². The molecule has 0 amide bonds. The minimum Gasteiger partial charge on any atom is -0.378 e. The summed E-state index contributed by atoms with van der Waals surface area (Å²) in [6.07, 6.45) is 7.55. The second-order valence-corrected chi connectivity index (χ2v) is 6.15. The van der Waals surface area contributed by atoms with Crippen molar-refractivity contribution < 1.29 is 9.13 Å². The average Bonchev–Trinajstić information content (AvgIpc) is 3.13. The van der Waals surface area contributed by atoms with Crippen molar-refractivity contribution in [1.29, 1.82) is 0 Å². The van der Waals surface area contributed by atoms with Crippen LogP contribution in [0, 0.1) is 5.82 Å². The molecule has 20 heavy (non-hydrogen) atoms. The van der Waals surface area contributed by atoms with Gasteiger partial charge in [0, 0.05) is 19.2 Å². The summed E-state index contributed by atoms with van der Waals surface area (Å²) in [6, 6.07) is 7.79. The molecule has 2 fully saturated rings. The zero-order valence-electron chi connectivity index (χ0n) is 12.0. The predicted octanol–water partition coefficient (Wildman–Crippen LogP) is 3.62. The third-order valence-corrected chi connectivity index (χ3v) is 4.41.